The summed E-state index contributed by atoms with van der Waals surface area (Å²) in [6.45, 7) is 1.89. The molecule has 2 N–H and O–H groups in total. The van der Waals surface area contributed by atoms with Crippen molar-refractivity contribution in [1.29, 1.82) is 0 Å². The molecule has 1 aliphatic rings. The quantitative estimate of drug-likeness (QED) is 0.873. The maximum absolute atomic E-state index is 12.3. The number of carbonyl (C=O) groups excluding carboxylic acids is 1. The third-order valence-corrected chi connectivity index (χ3v) is 4.14. The number of carboxylic acid groups (broad SMARTS) is 1. The molecule has 0 saturated heterocycles. The lowest BCUT2D eigenvalue weighted by molar-refractivity contribution is -0.146. The van der Waals surface area contributed by atoms with Gasteiger partial charge in [0.05, 0.1) is 25.0 Å². The van der Waals surface area contributed by atoms with Crippen molar-refractivity contribution >= 4 is 11.9 Å². The molecule has 2 rings (SSSR count). The fourth-order valence-corrected chi connectivity index (χ4v) is 2.87. The van der Waals surface area contributed by atoms with Crippen LogP contribution in [0.2, 0.25) is 0 Å². The van der Waals surface area contributed by atoms with Crippen molar-refractivity contribution in [2.45, 2.75) is 32.2 Å². The number of carbonyl (C=O) groups is 2. The maximum Gasteiger partial charge on any atom is 0.307 e. The molecule has 1 aromatic carbocycles. The lowest BCUT2D eigenvalue weighted by atomic mass is 9.94. The number of rotatable bonds is 5. The van der Waals surface area contributed by atoms with Gasteiger partial charge >= 0.3 is 5.97 Å². The lowest BCUT2D eigenvalue weighted by Gasteiger charge is -2.20. The van der Waals surface area contributed by atoms with Gasteiger partial charge in [0.15, 0.2) is 0 Å². The zero-order valence-corrected chi connectivity index (χ0v) is 12.3. The van der Waals surface area contributed by atoms with E-state index in [1.165, 1.54) is 0 Å². The summed E-state index contributed by atoms with van der Waals surface area (Å²) in [6.07, 6.45) is 2.04. The topological polar surface area (TPSA) is 75.6 Å². The van der Waals surface area contributed by atoms with Crippen molar-refractivity contribution in [3.8, 4) is 5.75 Å². The van der Waals surface area contributed by atoms with E-state index in [-0.39, 0.29) is 11.9 Å². The first-order chi connectivity index (χ1) is 10.0. The lowest BCUT2D eigenvalue weighted by Crippen LogP contribution is -2.36. The van der Waals surface area contributed by atoms with E-state index in [1.807, 2.05) is 31.2 Å². The number of carboxylic acids is 1. The minimum atomic E-state index is -0.871. The van der Waals surface area contributed by atoms with Crippen LogP contribution in [0, 0.1) is 11.8 Å². The average molecular weight is 291 g/mol. The number of benzene rings is 1. The van der Waals surface area contributed by atoms with Crippen LogP contribution in [0.5, 0.6) is 5.75 Å². The number of hydrogen-bond acceptors (Lipinski definition) is 3. The first kappa shape index (κ1) is 15.4. The third kappa shape index (κ3) is 3.54. The first-order valence-electron chi connectivity index (χ1n) is 7.20. The average Bonchev–Trinajstić information content (AvgIpc) is 2.97. The highest BCUT2D eigenvalue weighted by molar-refractivity contribution is 5.85. The van der Waals surface area contributed by atoms with Gasteiger partial charge in [0.2, 0.25) is 5.91 Å². The molecule has 1 unspecified atom stereocenters. The smallest absolute Gasteiger partial charge is 0.307 e. The number of ether oxygens (including phenoxy) is 1. The van der Waals surface area contributed by atoms with Crippen molar-refractivity contribution in [2.75, 3.05) is 7.11 Å². The molecule has 1 aromatic rings. The fourth-order valence-electron chi connectivity index (χ4n) is 2.87. The van der Waals surface area contributed by atoms with Crippen LogP contribution in [0.3, 0.4) is 0 Å². The largest absolute Gasteiger partial charge is 0.497 e. The van der Waals surface area contributed by atoms with E-state index in [0.29, 0.717) is 12.8 Å². The van der Waals surface area contributed by atoms with Crippen LogP contribution in [0.1, 0.15) is 37.8 Å². The summed E-state index contributed by atoms with van der Waals surface area (Å²) in [5.41, 5.74) is 0.967. The monoisotopic (exact) mass is 291 g/mol. The van der Waals surface area contributed by atoms with Crippen molar-refractivity contribution in [1.82, 2.24) is 5.32 Å². The van der Waals surface area contributed by atoms with E-state index in [0.717, 1.165) is 17.7 Å². The summed E-state index contributed by atoms with van der Waals surface area (Å²) in [6, 6.07) is 7.32. The number of nitrogens with one attached hydrogen (secondary N) is 1. The Bertz CT molecular complexity index is 512. The fraction of sp³-hybridized carbons (Fsp3) is 0.500. The molecular weight excluding hydrogens is 270 g/mol. The predicted molar refractivity (Wildman–Crippen MR) is 78.0 cm³/mol. The van der Waals surface area contributed by atoms with Crippen LogP contribution in [0.15, 0.2) is 24.3 Å². The highest BCUT2D eigenvalue weighted by Crippen LogP contribution is 2.32. The van der Waals surface area contributed by atoms with Gasteiger partial charge < -0.3 is 15.2 Å². The molecule has 0 heterocycles. The minimum Gasteiger partial charge on any atom is -0.497 e. The Morgan fingerprint density at radius 3 is 2.43 bits per heavy atom. The Morgan fingerprint density at radius 1 is 1.24 bits per heavy atom. The van der Waals surface area contributed by atoms with Crippen molar-refractivity contribution in [3.05, 3.63) is 29.8 Å². The molecule has 5 heteroatoms. The van der Waals surface area contributed by atoms with Gasteiger partial charge in [0.1, 0.15) is 5.75 Å². The molecule has 1 fully saturated rings. The summed E-state index contributed by atoms with van der Waals surface area (Å²) in [4.78, 5) is 23.4. The Morgan fingerprint density at radius 2 is 1.86 bits per heavy atom. The van der Waals surface area contributed by atoms with Crippen LogP contribution in [0.25, 0.3) is 0 Å². The predicted octanol–water partition coefficient (Wildman–Crippen LogP) is 2.37. The molecule has 1 amide bonds. The van der Waals surface area contributed by atoms with Crippen molar-refractivity contribution in [2.24, 2.45) is 11.8 Å². The van der Waals surface area contributed by atoms with E-state index in [2.05, 4.69) is 5.32 Å². The molecule has 21 heavy (non-hydrogen) atoms. The summed E-state index contributed by atoms with van der Waals surface area (Å²) in [7, 11) is 1.60. The Balaban J connectivity index is 1.99. The van der Waals surface area contributed by atoms with Gasteiger partial charge in [-0.05, 0) is 37.5 Å². The van der Waals surface area contributed by atoms with Gasteiger partial charge in [-0.15, -0.1) is 0 Å². The van der Waals surface area contributed by atoms with E-state index < -0.39 is 17.8 Å². The molecular formula is C16H21NO4. The van der Waals surface area contributed by atoms with Crippen LogP contribution in [-0.4, -0.2) is 24.1 Å². The summed E-state index contributed by atoms with van der Waals surface area (Å²) in [5.74, 6) is -1.23. The van der Waals surface area contributed by atoms with Crippen LogP contribution in [-0.2, 0) is 9.59 Å². The summed E-state index contributed by atoms with van der Waals surface area (Å²) >= 11 is 0. The van der Waals surface area contributed by atoms with Gasteiger partial charge in [0, 0.05) is 0 Å². The zero-order valence-electron chi connectivity index (χ0n) is 12.3. The third-order valence-electron chi connectivity index (χ3n) is 4.14. The van der Waals surface area contributed by atoms with Crippen LogP contribution >= 0.6 is 0 Å². The molecule has 0 aliphatic heterocycles. The summed E-state index contributed by atoms with van der Waals surface area (Å²) < 4.78 is 5.10. The van der Waals surface area contributed by atoms with Gasteiger partial charge in [-0.2, -0.15) is 0 Å². The Labute approximate surface area is 124 Å². The zero-order chi connectivity index (χ0) is 15.4. The highest BCUT2D eigenvalue weighted by Gasteiger charge is 2.38. The number of amides is 1. The summed E-state index contributed by atoms with van der Waals surface area (Å²) in [5, 5.41) is 12.1. The molecule has 1 aliphatic carbocycles. The molecule has 0 spiro atoms. The number of hydrogen-bond donors (Lipinski definition) is 2. The van der Waals surface area contributed by atoms with Crippen molar-refractivity contribution < 1.29 is 19.4 Å². The Kier molecular flexibility index (Phi) is 4.83. The second-order valence-electron chi connectivity index (χ2n) is 5.49. The van der Waals surface area contributed by atoms with E-state index >= 15 is 0 Å². The van der Waals surface area contributed by atoms with Crippen LogP contribution < -0.4 is 10.1 Å². The van der Waals surface area contributed by atoms with E-state index in [4.69, 9.17) is 9.84 Å². The molecule has 0 bridgehead atoms. The molecule has 0 aromatic heterocycles. The molecule has 3 atom stereocenters. The Hall–Kier alpha value is -2.04. The molecule has 1 saturated carbocycles. The van der Waals surface area contributed by atoms with Crippen LogP contribution in [0.4, 0.5) is 0 Å². The second-order valence-corrected chi connectivity index (χ2v) is 5.49. The number of methoxy groups -OCH3 is 1. The molecule has 114 valence electrons. The van der Waals surface area contributed by atoms with Crippen molar-refractivity contribution in [3.63, 3.8) is 0 Å². The van der Waals surface area contributed by atoms with Gasteiger partial charge in [-0.1, -0.05) is 18.6 Å². The maximum atomic E-state index is 12.3. The molecule has 0 radical (unpaired) electrons. The second kappa shape index (κ2) is 6.61. The SMILES string of the molecule is COc1ccc(C(C)NC(=O)[C@@H]2CCC[C@@H]2C(=O)O)cc1. The first-order valence-corrected chi connectivity index (χ1v) is 7.20. The van der Waals surface area contributed by atoms with Gasteiger partial charge in [-0.25, -0.2) is 0 Å². The number of aliphatic carboxylic acids is 1. The standard InChI is InChI=1S/C16H21NO4/c1-10(11-6-8-12(21-2)9-7-11)17-15(18)13-4-3-5-14(13)16(19)20/h6-10,13-14H,3-5H2,1-2H3,(H,17,18)(H,19,20)/t10?,13-,14+/m1/s1. The highest BCUT2D eigenvalue weighted by atomic mass is 16.5. The molecule has 5 nitrogen and oxygen atoms in total. The van der Waals surface area contributed by atoms with Gasteiger partial charge in [-0.3, -0.25) is 9.59 Å². The van der Waals surface area contributed by atoms with E-state index in [9.17, 15) is 9.59 Å². The minimum absolute atomic E-state index is 0.154. The van der Waals surface area contributed by atoms with Gasteiger partial charge in [0.25, 0.3) is 0 Å². The van der Waals surface area contributed by atoms with E-state index in [1.54, 1.807) is 7.11 Å². The normalized spacial score (nSPS) is 22.6.